The molecule has 0 N–H and O–H groups in total. The number of hydrogen-bond donors (Lipinski definition) is 0. The van der Waals surface area contributed by atoms with Crippen LogP contribution < -0.4 is 0 Å². The van der Waals surface area contributed by atoms with E-state index in [1.54, 1.807) is 11.1 Å². The van der Waals surface area contributed by atoms with Gasteiger partial charge in [-0.2, -0.15) is 0 Å². The second-order valence-electron chi connectivity index (χ2n) is 8.80. The molecular weight excluding hydrogens is 378 g/mol. The van der Waals surface area contributed by atoms with Crippen LogP contribution in [0.15, 0.2) is 30.5 Å². The zero-order valence-corrected chi connectivity index (χ0v) is 18.0. The first-order valence-electron chi connectivity index (χ1n) is 11.2. The molecule has 2 atom stereocenters. The second-order valence-corrected chi connectivity index (χ2v) is 8.80. The molecule has 6 heteroatoms. The number of benzene rings is 1. The highest BCUT2D eigenvalue weighted by atomic mass is 16.2. The van der Waals surface area contributed by atoms with Crippen molar-refractivity contribution >= 4 is 28.5 Å². The summed E-state index contributed by atoms with van der Waals surface area (Å²) in [7, 11) is 0. The van der Waals surface area contributed by atoms with Crippen molar-refractivity contribution in [1.82, 2.24) is 14.4 Å². The third-order valence-electron chi connectivity index (χ3n) is 6.66. The fraction of sp³-hybridized carbons (Fsp3) is 0.542. The summed E-state index contributed by atoms with van der Waals surface area (Å²) in [5.41, 5.74) is 1.21. The number of ketones is 1. The summed E-state index contributed by atoms with van der Waals surface area (Å²) in [6, 6.07) is 7.99. The number of piperidine rings is 2. The number of amides is 2. The van der Waals surface area contributed by atoms with Crippen LogP contribution in [0.1, 0.15) is 62.7 Å². The summed E-state index contributed by atoms with van der Waals surface area (Å²) >= 11 is 0. The summed E-state index contributed by atoms with van der Waals surface area (Å²) < 4.78 is 1.84. The predicted molar refractivity (Wildman–Crippen MR) is 116 cm³/mol. The maximum absolute atomic E-state index is 13.1. The lowest BCUT2D eigenvalue weighted by Crippen LogP contribution is -2.48. The van der Waals surface area contributed by atoms with Gasteiger partial charge in [0.25, 0.3) is 11.7 Å². The van der Waals surface area contributed by atoms with Gasteiger partial charge in [-0.3, -0.25) is 14.4 Å². The van der Waals surface area contributed by atoms with E-state index >= 15 is 0 Å². The fourth-order valence-corrected chi connectivity index (χ4v) is 5.05. The van der Waals surface area contributed by atoms with Crippen LogP contribution in [0.25, 0.3) is 10.9 Å². The topological polar surface area (TPSA) is 62.6 Å². The highest BCUT2D eigenvalue weighted by Gasteiger charge is 2.31. The number of Topliss-reactive ketones (excluding diaryl/α,β-unsaturated/α-hetero) is 1. The molecule has 3 heterocycles. The maximum Gasteiger partial charge on any atom is 0.295 e. The predicted octanol–water partition coefficient (Wildman–Crippen LogP) is 3.63. The molecule has 0 unspecified atom stereocenters. The molecule has 160 valence electrons. The zero-order valence-electron chi connectivity index (χ0n) is 18.0. The number of carbonyl (C=O) groups excluding carboxylic acids is 3. The molecule has 1 aromatic carbocycles. The van der Waals surface area contributed by atoms with E-state index in [0.717, 1.165) is 49.4 Å². The first kappa shape index (κ1) is 20.6. The monoisotopic (exact) mass is 409 g/mol. The van der Waals surface area contributed by atoms with Crippen molar-refractivity contribution < 1.29 is 14.4 Å². The molecular formula is C24H31N3O3. The normalized spacial score (nSPS) is 22.3. The van der Waals surface area contributed by atoms with Crippen molar-refractivity contribution in [1.29, 1.82) is 0 Å². The van der Waals surface area contributed by atoms with Gasteiger partial charge in [-0.15, -0.1) is 0 Å². The molecule has 2 aromatic rings. The molecule has 0 saturated carbocycles. The number of fused-ring (bicyclic) bond motifs is 1. The lowest BCUT2D eigenvalue weighted by atomic mass is 9.97. The number of para-hydroxylation sites is 1. The highest BCUT2D eigenvalue weighted by molar-refractivity contribution is 6.44. The average Bonchev–Trinajstić information content (AvgIpc) is 3.11. The Morgan fingerprint density at radius 3 is 2.30 bits per heavy atom. The Bertz CT molecular complexity index is 948. The number of rotatable bonds is 4. The van der Waals surface area contributed by atoms with Crippen molar-refractivity contribution in [2.24, 2.45) is 0 Å². The van der Waals surface area contributed by atoms with E-state index in [-0.39, 0.29) is 24.5 Å². The number of carbonyl (C=O) groups is 3. The Kier molecular flexibility index (Phi) is 5.93. The van der Waals surface area contributed by atoms with E-state index < -0.39 is 11.7 Å². The summed E-state index contributed by atoms with van der Waals surface area (Å²) in [6.07, 6.45) is 7.89. The van der Waals surface area contributed by atoms with Crippen molar-refractivity contribution in [2.45, 2.75) is 71.0 Å². The standard InChI is InChI=1S/C24H31N3O3/c1-17-9-8-10-18(2)27(17)22(28)16-26-15-20(19-11-4-5-12-21(19)26)23(29)24(30)25-13-6-3-7-14-25/h4-5,11-12,15,17-18H,3,6-10,13-14,16H2,1-2H3/t17-,18-/m1/s1. The fourth-order valence-electron chi connectivity index (χ4n) is 5.05. The zero-order chi connectivity index (χ0) is 21.3. The Morgan fingerprint density at radius 1 is 0.933 bits per heavy atom. The minimum absolute atomic E-state index is 0.0665. The van der Waals surface area contributed by atoms with Gasteiger partial charge in [0.2, 0.25) is 5.91 Å². The van der Waals surface area contributed by atoms with Gasteiger partial charge in [0.15, 0.2) is 0 Å². The number of likely N-dealkylation sites (tertiary alicyclic amines) is 2. The Labute approximate surface area is 177 Å². The first-order valence-corrected chi connectivity index (χ1v) is 11.2. The van der Waals surface area contributed by atoms with E-state index in [2.05, 4.69) is 13.8 Å². The van der Waals surface area contributed by atoms with Crippen molar-refractivity contribution in [3.63, 3.8) is 0 Å². The summed E-state index contributed by atoms with van der Waals surface area (Å²) in [4.78, 5) is 42.7. The van der Waals surface area contributed by atoms with Gasteiger partial charge in [-0.1, -0.05) is 18.2 Å². The van der Waals surface area contributed by atoms with Crippen LogP contribution in [0, 0.1) is 0 Å². The Hall–Kier alpha value is -2.63. The third kappa shape index (κ3) is 3.87. The van der Waals surface area contributed by atoms with Crippen LogP contribution >= 0.6 is 0 Å². The van der Waals surface area contributed by atoms with Gasteiger partial charge in [0, 0.05) is 42.3 Å². The van der Waals surface area contributed by atoms with Crippen molar-refractivity contribution in [3.05, 3.63) is 36.0 Å². The van der Waals surface area contributed by atoms with Crippen molar-refractivity contribution in [3.8, 4) is 0 Å². The van der Waals surface area contributed by atoms with E-state index in [4.69, 9.17) is 0 Å². The SMILES string of the molecule is C[C@@H]1CCC[C@@H](C)N1C(=O)Cn1cc(C(=O)C(=O)N2CCCCC2)c2ccccc21. The van der Waals surface area contributed by atoms with E-state index in [9.17, 15) is 14.4 Å². The van der Waals surface area contributed by atoms with Crippen LogP contribution in [0.4, 0.5) is 0 Å². The number of hydrogen-bond acceptors (Lipinski definition) is 3. The molecule has 0 radical (unpaired) electrons. The molecule has 30 heavy (non-hydrogen) atoms. The van der Waals surface area contributed by atoms with E-state index in [0.29, 0.717) is 18.7 Å². The third-order valence-corrected chi connectivity index (χ3v) is 6.66. The molecule has 2 aliphatic heterocycles. The van der Waals surface area contributed by atoms with Gasteiger partial charge >= 0.3 is 0 Å². The molecule has 4 rings (SSSR count). The smallest absolute Gasteiger partial charge is 0.295 e. The molecule has 2 fully saturated rings. The molecule has 0 bridgehead atoms. The Morgan fingerprint density at radius 2 is 1.60 bits per heavy atom. The molecule has 2 saturated heterocycles. The van der Waals surface area contributed by atoms with Crippen molar-refractivity contribution in [2.75, 3.05) is 13.1 Å². The Balaban J connectivity index is 1.61. The van der Waals surface area contributed by atoms with Gasteiger partial charge in [-0.25, -0.2) is 0 Å². The van der Waals surface area contributed by atoms with Crippen LogP contribution in [0.5, 0.6) is 0 Å². The number of nitrogens with zero attached hydrogens (tertiary/aromatic N) is 3. The molecule has 0 aliphatic carbocycles. The minimum Gasteiger partial charge on any atom is -0.337 e. The molecule has 1 aromatic heterocycles. The summed E-state index contributed by atoms with van der Waals surface area (Å²) in [5.74, 6) is -0.835. The van der Waals surface area contributed by atoms with Gasteiger partial charge in [-0.05, 0) is 58.4 Å². The summed E-state index contributed by atoms with van der Waals surface area (Å²) in [6.45, 7) is 5.68. The molecule has 2 aliphatic rings. The van der Waals surface area contributed by atoms with Crippen LogP contribution in [-0.2, 0) is 16.1 Å². The first-order chi connectivity index (χ1) is 14.5. The van der Waals surface area contributed by atoms with E-state index in [1.807, 2.05) is 33.7 Å². The van der Waals surface area contributed by atoms with Crippen LogP contribution in [0.3, 0.4) is 0 Å². The van der Waals surface area contributed by atoms with Gasteiger partial charge in [0.05, 0.1) is 5.56 Å². The van der Waals surface area contributed by atoms with Gasteiger partial charge in [0.1, 0.15) is 6.54 Å². The van der Waals surface area contributed by atoms with E-state index in [1.165, 1.54) is 0 Å². The lowest BCUT2D eigenvalue weighted by molar-refractivity contribution is -0.137. The molecule has 6 nitrogen and oxygen atoms in total. The molecule has 2 amide bonds. The minimum atomic E-state index is -0.473. The number of aromatic nitrogens is 1. The quantitative estimate of drug-likeness (QED) is 0.572. The maximum atomic E-state index is 13.1. The highest BCUT2D eigenvalue weighted by Crippen LogP contribution is 2.26. The lowest BCUT2D eigenvalue weighted by Gasteiger charge is -2.39. The largest absolute Gasteiger partial charge is 0.337 e. The second kappa shape index (κ2) is 8.62. The molecule has 0 spiro atoms. The van der Waals surface area contributed by atoms with Gasteiger partial charge < -0.3 is 14.4 Å². The van der Waals surface area contributed by atoms with Crippen LogP contribution in [-0.4, -0.2) is 57.1 Å². The average molecular weight is 410 g/mol. The van der Waals surface area contributed by atoms with Crippen LogP contribution in [0.2, 0.25) is 0 Å². The summed E-state index contributed by atoms with van der Waals surface area (Å²) in [5, 5.41) is 0.736.